The van der Waals surface area contributed by atoms with Gasteiger partial charge in [0.2, 0.25) is 0 Å². The Balaban J connectivity index is 1.33. The fourth-order valence-electron chi connectivity index (χ4n) is 6.83. The Bertz CT molecular complexity index is 1560. The maximum Gasteiger partial charge on any atom is 0.253 e. The number of hydrogen-bond acceptors (Lipinski definition) is 24. The summed E-state index contributed by atoms with van der Waals surface area (Å²) in [4.78, 5) is 41.3. The number of benzene rings is 1. The molecule has 27 nitrogen and oxygen atoms in total. The van der Waals surface area contributed by atoms with E-state index in [9.17, 15) is 75.7 Å². The topological polar surface area (TPSA) is 413 Å². The normalized spacial score (nSPS) is 31.6. The molecule has 1 aromatic carbocycles. The number of carbonyl (C=O) groups excluding carboxylic acids is 3. The van der Waals surface area contributed by atoms with Crippen molar-refractivity contribution in [1.29, 1.82) is 0 Å². The lowest BCUT2D eigenvalue weighted by Crippen LogP contribution is -2.59. The lowest BCUT2D eigenvalue weighted by atomic mass is 9.99. The molecule has 0 radical (unpaired) electrons. The van der Waals surface area contributed by atoms with Gasteiger partial charge in [0.1, 0.15) is 73.2 Å². The molecule has 9 unspecified atom stereocenters. The molecule has 3 saturated heterocycles. The van der Waals surface area contributed by atoms with Crippen molar-refractivity contribution in [3.63, 3.8) is 0 Å². The summed E-state index contributed by atoms with van der Waals surface area (Å²) in [6, 6.07) is 0. The number of amides is 3. The first-order valence-electron chi connectivity index (χ1n) is 21.5. The molecule has 15 N–H and O–H groups in total. The Hall–Kier alpha value is -1.02. The molecular formula is C39H60I3N3O24. The molecule has 15 atom stereocenters. The van der Waals surface area contributed by atoms with Crippen molar-refractivity contribution in [2.75, 3.05) is 98.9 Å². The van der Waals surface area contributed by atoms with Crippen LogP contribution in [0.2, 0.25) is 0 Å². The van der Waals surface area contributed by atoms with Crippen molar-refractivity contribution in [2.24, 2.45) is 0 Å². The van der Waals surface area contributed by atoms with E-state index in [1.54, 1.807) is 0 Å². The summed E-state index contributed by atoms with van der Waals surface area (Å²) in [5.74, 6) is -1.97. The Morgan fingerprint density at radius 3 is 0.870 bits per heavy atom. The first-order chi connectivity index (χ1) is 32.9. The van der Waals surface area contributed by atoms with E-state index in [1.165, 1.54) is 0 Å². The fraction of sp³-hybridized carbons (Fsp3) is 0.769. The van der Waals surface area contributed by atoms with Crippen LogP contribution in [0.3, 0.4) is 0 Å². The summed E-state index contributed by atoms with van der Waals surface area (Å²) >= 11 is 5.50. The van der Waals surface area contributed by atoms with Gasteiger partial charge in [0.05, 0.1) is 96.0 Å². The van der Waals surface area contributed by atoms with Crippen molar-refractivity contribution in [1.82, 2.24) is 16.0 Å². The summed E-state index contributed by atoms with van der Waals surface area (Å²) in [5, 5.41) is 126. The smallest absolute Gasteiger partial charge is 0.253 e. The van der Waals surface area contributed by atoms with Crippen LogP contribution in [0.1, 0.15) is 31.1 Å². The Morgan fingerprint density at radius 1 is 0.391 bits per heavy atom. The molecule has 396 valence electrons. The Morgan fingerprint density at radius 2 is 0.638 bits per heavy atom. The molecule has 3 amide bonds. The van der Waals surface area contributed by atoms with Gasteiger partial charge >= 0.3 is 0 Å². The lowest BCUT2D eigenvalue weighted by Gasteiger charge is -2.39. The number of rotatable bonds is 27. The van der Waals surface area contributed by atoms with Crippen LogP contribution < -0.4 is 16.0 Å². The molecule has 3 fully saturated rings. The van der Waals surface area contributed by atoms with E-state index in [4.69, 9.17) is 42.6 Å². The molecule has 1 aromatic rings. The number of aliphatic hydroxyl groups is 12. The Kier molecular flexibility index (Phi) is 26.6. The fourth-order valence-corrected chi connectivity index (χ4v) is 11.5. The molecule has 69 heavy (non-hydrogen) atoms. The SMILES string of the molecule is O=C(NCCOCCO[C@@H]1OC(CO)[C@H](O)C(O)C1O)c1c(I)c(C(=O)NCCOCCO[C@@H]2OC(CO)[C@H](O)C(O)C2O)c(I)c(C(=O)NCCOCCO[C@@H]2OC(CO)[C@H](O)C(O)C2O)c1I. The maximum atomic E-state index is 13.8. The Labute approximate surface area is 435 Å². The predicted octanol–water partition coefficient (Wildman–Crippen LogP) is -6.81. The average Bonchev–Trinajstić information content (AvgIpc) is 3.32. The van der Waals surface area contributed by atoms with Gasteiger partial charge < -0.3 is 120 Å². The first kappa shape index (κ1) is 60.5. The molecule has 3 heterocycles. The highest BCUT2D eigenvalue weighted by molar-refractivity contribution is 14.1. The number of ether oxygens (including phenoxy) is 9. The summed E-state index contributed by atoms with van der Waals surface area (Å²) < 4.78 is 49.2. The van der Waals surface area contributed by atoms with Gasteiger partial charge in [-0.05, 0) is 67.8 Å². The third kappa shape index (κ3) is 16.5. The van der Waals surface area contributed by atoms with Gasteiger partial charge in [-0.25, -0.2) is 0 Å². The molecule has 0 saturated carbocycles. The minimum atomic E-state index is -1.62. The minimum Gasteiger partial charge on any atom is -0.394 e. The molecule has 4 rings (SSSR count). The van der Waals surface area contributed by atoms with E-state index in [0.717, 1.165) is 0 Å². The zero-order valence-electron chi connectivity index (χ0n) is 36.7. The standard InChI is InChI=1S/C39H60I3N3O24/c40-22-19(34(58)43-1-4-61-7-10-64-37-31(55)28(52)25(49)16(13-46)67-37)23(41)21(36(60)45-3-6-63-9-12-66-39-33(57)30(54)27(51)18(15-48)69-39)24(42)20(22)35(59)44-2-5-62-8-11-65-38-32(56)29(53)26(50)17(14-47)68-38/h16-18,25-33,37-39,46-57H,1-15H2,(H,43,58)(H,44,59)(H,45,60)/t16?,17?,18?,25-,26-,27-,28?,29?,30?,31?,32?,33?,37+,38+,39+/m0/s1. The third-order valence-corrected chi connectivity index (χ3v) is 13.9. The van der Waals surface area contributed by atoms with E-state index in [-0.39, 0.29) is 106 Å². The minimum absolute atomic E-state index is 0.000973. The van der Waals surface area contributed by atoms with Crippen LogP contribution in [0, 0.1) is 10.7 Å². The lowest BCUT2D eigenvalue weighted by molar-refractivity contribution is -0.302. The largest absolute Gasteiger partial charge is 0.394 e. The second-order valence-corrected chi connectivity index (χ2v) is 18.6. The van der Waals surface area contributed by atoms with Gasteiger partial charge in [0.15, 0.2) is 18.9 Å². The van der Waals surface area contributed by atoms with Crippen LogP contribution in [0.5, 0.6) is 0 Å². The van der Waals surface area contributed by atoms with Crippen LogP contribution in [0.25, 0.3) is 0 Å². The average molecular weight is 1340 g/mol. The van der Waals surface area contributed by atoms with Crippen LogP contribution in [0.4, 0.5) is 0 Å². The van der Waals surface area contributed by atoms with Crippen molar-refractivity contribution in [3.05, 3.63) is 27.4 Å². The van der Waals surface area contributed by atoms with Gasteiger partial charge in [0, 0.05) is 30.3 Å². The predicted molar refractivity (Wildman–Crippen MR) is 253 cm³/mol. The highest BCUT2D eigenvalue weighted by Gasteiger charge is 2.46. The third-order valence-electron chi connectivity index (χ3n) is 10.7. The highest BCUT2D eigenvalue weighted by atomic mass is 127. The molecular weight excluding hydrogens is 1280 g/mol. The van der Waals surface area contributed by atoms with Crippen LogP contribution >= 0.6 is 67.8 Å². The molecule has 0 aliphatic carbocycles. The van der Waals surface area contributed by atoms with Crippen LogP contribution in [-0.2, 0) is 42.6 Å². The molecule has 0 aromatic heterocycles. The summed E-state index contributed by atoms with van der Waals surface area (Å²) in [7, 11) is 0. The summed E-state index contributed by atoms with van der Waals surface area (Å²) in [6.45, 7) is -2.71. The number of carbonyl (C=O) groups is 3. The number of hydrogen-bond donors (Lipinski definition) is 15. The zero-order chi connectivity index (χ0) is 50.9. The van der Waals surface area contributed by atoms with Crippen LogP contribution in [-0.4, -0.2) is 270 Å². The second-order valence-electron chi connectivity index (χ2n) is 15.4. The van der Waals surface area contributed by atoms with Gasteiger partial charge in [-0.2, -0.15) is 0 Å². The summed E-state index contributed by atoms with van der Waals surface area (Å²) in [6.07, 6.45) is -21.8. The van der Waals surface area contributed by atoms with Gasteiger partial charge in [-0.15, -0.1) is 0 Å². The van der Waals surface area contributed by atoms with Gasteiger partial charge in [0.25, 0.3) is 17.7 Å². The van der Waals surface area contributed by atoms with Gasteiger partial charge in [-0.1, -0.05) is 0 Å². The van der Waals surface area contributed by atoms with E-state index in [1.807, 2.05) is 67.8 Å². The molecule has 3 aliphatic rings. The molecule has 30 heteroatoms. The maximum absolute atomic E-state index is 13.8. The second kappa shape index (κ2) is 30.4. The number of aliphatic hydroxyl groups excluding tert-OH is 12. The zero-order valence-corrected chi connectivity index (χ0v) is 43.1. The molecule has 3 aliphatic heterocycles. The first-order valence-corrected chi connectivity index (χ1v) is 24.7. The molecule has 0 bridgehead atoms. The van der Waals surface area contributed by atoms with E-state index in [2.05, 4.69) is 16.0 Å². The van der Waals surface area contributed by atoms with Crippen molar-refractivity contribution >= 4 is 85.5 Å². The molecule has 0 spiro atoms. The van der Waals surface area contributed by atoms with Crippen LogP contribution in [0.15, 0.2) is 0 Å². The van der Waals surface area contributed by atoms with Crippen molar-refractivity contribution < 1.29 is 118 Å². The van der Waals surface area contributed by atoms with E-state index < -0.39 is 130 Å². The monoisotopic (exact) mass is 1340 g/mol. The van der Waals surface area contributed by atoms with Crippen molar-refractivity contribution in [2.45, 2.75) is 92.1 Å². The van der Waals surface area contributed by atoms with E-state index >= 15 is 0 Å². The van der Waals surface area contributed by atoms with Crippen molar-refractivity contribution in [3.8, 4) is 0 Å². The number of nitrogens with one attached hydrogen (secondary N) is 3. The van der Waals surface area contributed by atoms with Gasteiger partial charge in [-0.3, -0.25) is 14.4 Å². The number of halogens is 3. The highest BCUT2D eigenvalue weighted by Crippen LogP contribution is 2.33. The quantitative estimate of drug-likeness (QED) is 0.0288. The van der Waals surface area contributed by atoms with E-state index in [0.29, 0.717) is 0 Å². The summed E-state index contributed by atoms with van der Waals surface area (Å²) in [5.41, 5.74) is 0.00292.